The zero-order valence-electron chi connectivity index (χ0n) is 49.4. The van der Waals surface area contributed by atoms with Gasteiger partial charge >= 0.3 is 11.9 Å². The number of anilines is 1. The van der Waals surface area contributed by atoms with Crippen LogP contribution in [-0.4, -0.2) is 101 Å². The predicted molar refractivity (Wildman–Crippen MR) is 350 cm³/mol. The van der Waals surface area contributed by atoms with Crippen LogP contribution in [0.5, 0.6) is 0 Å². The number of fused-ring (bicyclic) bond motifs is 19. The van der Waals surface area contributed by atoms with Crippen LogP contribution >= 0.6 is 0 Å². The summed E-state index contributed by atoms with van der Waals surface area (Å²) in [6.07, 6.45) is 4.76. The maximum atomic E-state index is 11.1. The van der Waals surface area contributed by atoms with Crippen LogP contribution < -0.4 is 10.3 Å². The van der Waals surface area contributed by atoms with Crippen LogP contribution in [0.3, 0.4) is 0 Å². The van der Waals surface area contributed by atoms with Gasteiger partial charge in [-0.15, -0.1) is 51.0 Å². The molecular formula is C69H56N18O4. The Kier molecular flexibility index (Phi) is 15.8. The fourth-order valence-electron chi connectivity index (χ4n) is 11.3. The molecule has 0 aliphatic carbocycles. The van der Waals surface area contributed by atoms with Gasteiger partial charge in [0.1, 0.15) is 24.5 Å². The maximum absolute atomic E-state index is 11.1. The lowest BCUT2D eigenvalue weighted by Gasteiger charge is -2.34. The van der Waals surface area contributed by atoms with E-state index in [2.05, 4.69) is 154 Å². The number of aliphatic carboxylic acids is 2. The van der Waals surface area contributed by atoms with E-state index in [0.717, 1.165) is 73.8 Å². The van der Waals surface area contributed by atoms with Crippen LogP contribution in [0.25, 0.3) is 95.3 Å². The molecule has 91 heavy (non-hydrogen) atoms. The van der Waals surface area contributed by atoms with Gasteiger partial charge in [0, 0.05) is 22.3 Å². The van der Waals surface area contributed by atoms with Crippen molar-refractivity contribution in [3.63, 3.8) is 0 Å². The van der Waals surface area contributed by atoms with Crippen molar-refractivity contribution in [2.45, 2.75) is 39.8 Å². The molecule has 3 N–H and O–H groups in total. The lowest BCUT2D eigenvalue weighted by atomic mass is 10.0. The molecule has 1 atom stereocenters. The number of nitrogens with zero attached hydrogens (tertiary/aromatic N) is 17. The molecule has 0 amide bonds. The highest BCUT2D eigenvalue weighted by Gasteiger charge is 2.41. The molecular weight excluding hydrogens is 1140 g/mol. The summed E-state index contributed by atoms with van der Waals surface area (Å²) in [6, 6.07) is 68.8. The van der Waals surface area contributed by atoms with Gasteiger partial charge in [-0.2, -0.15) is 5.10 Å². The van der Waals surface area contributed by atoms with Gasteiger partial charge in [0.2, 0.25) is 22.6 Å². The first-order chi connectivity index (χ1) is 44.8. The highest BCUT2D eigenvalue weighted by atomic mass is 16.4. The number of carbonyl (C=O) groups is 2. The van der Waals surface area contributed by atoms with Gasteiger partial charge in [0.25, 0.3) is 0 Å². The van der Waals surface area contributed by atoms with Crippen molar-refractivity contribution < 1.29 is 19.8 Å². The number of aromatic nitrogens is 15. The second kappa shape index (κ2) is 25.0. The molecule has 0 fully saturated rings. The second-order valence-electron chi connectivity index (χ2n) is 20.5. The van der Waals surface area contributed by atoms with Crippen LogP contribution in [0.15, 0.2) is 236 Å². The van der Waals surface area contributed by atoms with Gasteiger partial charge in [-0.25, -0.2) is 0 Å². The number of nitrogens with one attached hydrogen (secondary N) is 1. The number of carboxylic acids is 2. The first-order valence-electron chi connectivity index (χ1n) is 29.3. The Labute approximate surface area is 518 Å². The number of hydrogen-bond acceptors (Lipinski definition) is 15. The van der Waals surface area contributed by atoms with Crippen molar-refractivity contribution in [3.05, 3.63) is 254 Å². The monoisotopic (exact) mass is 1200 g/mol. The molecule has 0 spiro atoms. The van der Waals surface area contributed by atoms with Gasteiger partial charge in [0.15, 0.2) is 35.3 Å². The molecule has 22 nitrogen and oxygen atoms in total. The standard InChI is InChI=1S/C26H18N6.C22H14N6.C14H10N6O4.C5H8.C2H6/c1-3-9-17(10-4-1)23-27-29-25-26-30-28-24(18-11-5-2-6-12-18)32(26)22-16-20-14-8-7-13-19(20)15-21(22)31(23)25;1-3-9-15(10-4-1)19-23-25-21-22-26-24-20(16-11-5-2-6-12-16)28(22)18-14-8-7-13-17(18)27(19)21;21-11(22)5-9-15-17-13-14-18-16-10(6-12(23)24)20(14)8-4-2-1-3-7(8)19(9)13;1-3-5-4-2;1-2/h1-16,25,29H;1-14H;1-4H,5-6H2,(H,21,22)(H,23,24);3-5H,1H2,2H3;1-2H3/b;;;5-4-;. The molecule has 8 aromatic carbocycles. The average Bonchev–Trinajstić information content (AvgIpc) is 1.65. The van der Waals surface area contributed by atoms with Crippen molar-refractivity contribution in [3.8, 4) is 39.9 Å². The van der Waals surface area contributed by atoms with Crippen molar-refractivity contribution in [2.24, 2.45) is 5.10 Å². The topological polar surface area (TPSA) is 254 Å². The molecule has 2 aliphatic heterocycles. The SMILES string of the molecule is C=C/C=C\C.CC.O=C(O)Cc1nnc2c3nnc(CC(=O)O)n3c3ccccc3n12.c1ccc(-c2nnc3c4nnc(-c5ccccc5)n4c4ccccc4n23)cc1.c1ccc(C2=NNC3c4nnc(-c5ccccc5)n4-c4cc5ccccc5cc4N23)cc1. The summed E-state index contributed by atoms with van der Waals surface area (Å²) in [4.78, 5) is 24.3. The predicted octanol–water partition coefficient (Wildman–Crippen LogP) is 12.1. The van der Waals surface area contributed by atoms with Crippen LogP contribution in [0, 0.1) is 0 Å². The third kappa shape index (κ3) is 10.5. The lowest BCUT2D eigenvalue weighted by Crippen LogP contribution is -2.39. The van der Waals surface area contributed by atoms with Crippen molar-refractivity contribution in [1.29, 1.82) is 0 Å². The van der Waals surface area contributed by atoms with Crippen LogP contribution in [0.1, 0.15) is 50.0 Å². The molecule has 15 aromatic rings. The van der Waals surface area contributed by atoms with Gasteiger partial charge in [-0.05, 0) is 54.1 Å². The average molecular weight is 1200 g/mol. The minimum atomic E-state index is -1.03. The molecule has 0 saturated heterocycles. The van der Waals surface area contributed by atoms with Gasteiger partial charge in [-0.1, -0.05) is 209 Å². The normalized spacial score (nSPS) is 12.8. The van der Waals surface area contributed by atoms with E-state index in [-0.39, 0.29) is 30.7 Å². The Balaban J connectivity index is 0.000000120. The number of carboxylic acid groups (broad SMARTS) is 2. The number of hydrogen-bond donors (Lipinski definition) is 3. The highest BCUT2D eigenvalue weighted by Crippen LogP contribution is 2.44. The van der Waals surface area contributed by atoms with E-state index in [9.17, 15) is 9.59 Å². The minimum absolute atomic E-state index is 0.233. The molecule has 7 aromatic heterocycles. The molecule has 9 heterocycles. The number of allylic oxidation sites excluding steroid dienone is 3. The number of para-hydroxylation sites is 4. The Hall–Kier alpha value is -12.6. The Morgan fingerprint density at radius 1 is 0.462 bits per heavy atom. The summed E-state index contributed by atoms with van der Waals surface area (Å²) in [6.45, 7) is 9.42. The number of rotatable bonds is 9. The van der Waals surface area contributed by atoms with Gasteiger partial charge in [0.05, 0.1) is 33.4 Å². The third-order valence-electron chi connectivity index (χ3n) is 15.0. The van der Waals surface area contributed by atoms with Crippen LogP contribution in [0.2, 0.25) is 0 Å². The molecule has 2 aliphatic rings. The Bertz CT molecular complexity index is 5050. The molecule has 1 unspecified atom stereocenters. The lowest BCUT2D eigenvalue weighted by molar-refractivity contribution is -0.137. The molecule has 22 heteroatoms. The first-order valence-corrected chi connectivity index (χ1v) is 29.3. The minimum Gasteiger partial charge on any atom is -0.481 e. The highest BCUT2D eigenvalue weighted by molar-refractivity contribution is 6.13. The van der Waals surface area contributed by atoms with E-state index in [0.29, 0.717) is 33.6 Å². The zero-order valence-corrected chi connectivity index (χ0v) is 49.4. The van der Waals surface area contributed by atoms with Gasteiger partial charge < -0.3 is 10.2 Å². The van der Waals surface area contributed by atoms with E-state index in [1.807, 2.05) is 142 Å². The summed E-state index contributed by atoms with van der Waals surface area (Å²) >= 11 is 0. The van der Waals surface area contributed by atoms with E-state index in [1.165, 1.54) is 10.8 Å². The van der Waals surface area contributed by atoms with E-state index < -0.39 is 11.9 Å². The molecule has 0 saturated carbocycles. The van der Waals surface area contributed by atoms with Crippen molar-refractivity contribution in [1.82, 2.24) is 78.6 Å². The summed E-state index contributed by atoms with van der Waals surface area (Å²) < 4.78 is 9.50. The van der Waals surface area contributed by atoms with Crippen LogP contribution in [0.4, 0.5) is 5.69 Å². The summed E-state index contributed by atoms with van der Waals surface area (Å²) in [5.41, 5.74) is 14.9. The quantitative estimate of drug-likeness (QED) is 0.114. The molecule has 0 radical (unpaired) electrons. The van der Waals surface area contributed by atoms with Crippen LogP contribution in [-0.2, 0) is 22.4 Å². The number of hydrazone groups is 1. The fourth-order valence-corrected chi connectivity index (χ4v) is 11.3. The van der Waals surface area contributed by atoms with Crippen molar-refractivity contribution >= 4 is 78.9 Å². The smallest absolute Gasteiger partial charge is 0.311 e. The zero-order chi connectivity index (χ0) is 62.5. The fraction of sp³-hybridized carbons (Fsp3) is 0.0870. The van der Waals surface area contributed by atoms with Crippen molar-refractivity contribution in [2.75, 3.05) is 4.90 Å². The molecule has 0 bridgehead atoms. The summed E-state index contributed by atoms with van der Waals surface area (Å²) in [5, 5.41) is 68.2. The summed E-state index contributed by atoms with van der Waals surface area (Å²) in [5.74, 6) is 2.58. The number of amidine groups is 1. The summed E-state index contributed by atoms with van der Waals surface area (Å²) in [7, 11) is 0. The molecule has 17 rings (SSSR count). The van der Waals surface area contributed by atoms with E-state index >= 15 is 0 Å². The Morgan fingerprint density at radius 2 is 0.835 bits per heavy atom. The maximum Gasteiger partial charge on any atom is 0.311 e. The Morgan fingerprint density at radius 3 is 1.26 bits per heavy atom. The largest absolute Gasteiger partial charge is 0.481 e. The first kappa shape index (κ1) is 57.5. The number of benzene rings is 8. The molecule has 446 valence electrons. The third-order valence-corrected chi connectivity index (χ3v) is 15.0. The second-order valence-corrected chi connectivity index (χ2v) is 20.5. The van der Waals surface area contributed by atoms with Gasteiger partial charge in [-0.3, -0.25) is 42.1 Å². The van der Waals surface area contributed by atoms with E-state index in [4.69, 9.17) is 15.3 Å². The van der Waals surface area contributed by atoms with E-state index in [1.54, 1.807) is 39.1 Å².